The number of piperidine rings is 1. The third-order valence-corrected chi connectivity index (χ3v) is 7.31. The molecule has 0 spiro atoms. The molecule has 0 bridgehead atoms. The summed E-state index contributed by atoms with van der Waals surface area (Å²) >= 11 is 0. The maximum Gasteiger partial charge on any atom is 0.322 e. The van der Waals surface area contributed by atoms with Crippen molar-refractivity contribution < 1.29 is 19.0 Å². The monoisotopic (exact) mass is 519 g/mol. The number of H-pyrrole nitrogens is 1. The van der Waals surface area contributed by atoms with Gasteiger partial charge in [0.1, 0.15) is 17.6 Å². The number of methoxy groups -OCH3 is 1. The molecule has 3 heterocycles. The fourth-order valence-electron chi connectivity index (χ4n) is 5.04. The molecule has 5 rings (SSSR count). The van der Waals surface area contributed by atoms with Crippen LogP contribution < -0.4 is 14.8 Å². The van der Waals surface area contributed by atoms with E-state index in [-0.39, 0.29) is 12.1 Å². The molecule has 9 heteroatoms. The van der Waals surface area contributed by atoms with Crippen LogP contribution in [0.25, 0.3) is 11.1 Å². The number of hydrogen-bond donors (Lipinski definition) is 2. The summed E-state index contributed by atoms with van der Waals surface area (Å²) in [7, 11) is 3.78. The van der Waals surface area contributed by atoms with Gasteiger partial charge in [-0.15, -0.1) is 0 Å². The molecule has 9 nitrogen and oxygen atoms in total. The van der Waals surface area contributed by atoms with Gasteiger partial charge in [0.15, 0.2) is 0 Å². The van der Waals surface area contributed by atoms with Crippen LogP contribution in [0.15, 0.2) is 54.9 Å². The predicted molar refractivity (Wildman–Crippen MR) is 147 cm³/mol. The van der Waals surface area contributed by atoms with Gasteiger partial charge in [-0.3, -0.25) is 5.10 Å². The molecule has 2 saturated heterocycles. The summed E-state index contributed by atoms with van der Waals surface area (Å²) in [6.45, 7) is 4.48. The molecule has 38 heavy (non-hydrogen) atoms. The summed E-state index contributed by atoms with van der Waals surface area (Å²) < 4.78 is 17.5. The number of nitrogens with one attached hydrogen (secondary N) is 2. The zero-order valence-corrected chi connectivity index (χ0v) is 22.2. The van der Waals surface area contributed by atoms with E-state index >= 15 is 0 Å². The Hall–Kier alpha value is -3.56. The highest BCUT2D eigenvalue weighted by atomic mass is 16.5. The van der Waals surface area contributed by atoms with E-state index in [0.29, 0.717) is 37.1 Å². The molecule has 0 aliphatic carbocycles. The lowest BCUT2D eigenvalue weighted by atomic mass is 10.1. The first kappa shape index (κ1) is 26.1. The van der Waals surface area contributed by atoms with E-state index in [1.54, 1.807) is 13.3 Å². The van der Waals surface area contributed by atoms with Crippen LogP contribution in [0.4, 0.5) is 10.5 Å². The fourth-order valence-corrected chi connectivity index (χ4v) is 5.04. The number of nitrogens with zero attached hydrogens (tertiary/aromatic N) is 3. The topological polar surface area (TPSA) is 92.0 Å². The second-order valence-corrected chi connectivity index (χ2v) is 10.2. The van der Waals surface area contributed by atoms with E-state index in [0.717, 1.165) is 61.4 Å². The number of carbonyl (C=O) groups excluding carboxylic acids is 1. The van der Waals surface area contributed by atoms with Crippen molar-refractivity contribution in [3.05, 3.63) is 60.4 Å². The van der Waals surface area contributed by atoms with Crippen molar-refractivity contribution in [2.45, 2.75) is 31.9 Å². The molecule has 1 aromatic heterocycles. The van der Waals surface area contributed by atoms with Gasteiger partial charge in [-0.2, -0.15) is 5.10 Å². The first-order chi connectivity index (χ1) is 18.6. The van der Waals surface area contributed by atoms with E-state index in [9.17, 15) is 4.79 Å². The largest absolute Gasteiger partial charge is 0.497 e. The highest BCUT2D eigenvalue weighted by Gasteiger charge is 2.25. The lowest BCUT2D eigenvalue weighted by Gasteiger charge is -2.30. The number of ether oxygens (including phenoxy) is 3. The van der Waals surface area contributed by atoms with Crippen molar-refractivity contribution in [2.24, 2.45) is 5.92 Å². The minimum Gasteiger partial charge on any atom is -0.497 e. The van der Waals surface area contributed by atoms with Crippen LogP contribution in [-0.2, 0) is 11.3 Å². The minimum atomic E-state index is -0.163. The average molecular weight is 520 g/mol. The second kappa shape index (κ2) is 12.3. The Bertz CT molecular complexity index is 1190. The Morgan fingerprint density at radius 2 is 2.05 bits per heavy atom. The van der Waals surface area contributed by atoms with E-state index in [1.807, 2.05) is 53.6 Å². The predicted octanol–water partition coefficient (Wildman–Crippen LogP) is 4.63. The molecular formula is C29H37N5O4. The number of carbonyl (C=O) groups is 1. The summed E-state index contributed by atoms with van der Waals surface area (Å²) in [5.41, 5.74) is 3.63. The molecule has 2 aliphatic heterocycles. The van der Waals surface area contributed by atoms with Crippen LogP contribution in [-0.4, -0.2) is 79.1 Å². The molecule has 1 atom stereocenters. The summed E-state index contributed by atoms with van der Waals surface area (Å²) in [6.07, 6.45) is 6.59. The van der Waals surface area contributed by atoms with Crippen LogP contribution in [0.1, 0.15) is 24.8 Å². The summed E-state index contributed by atoms with van der Waals surface area (Å²) in [4.78, 5) is 17.9. The Balaban J connectivity index is 1.37. The highest BCUT2D eigenvalue weighted by molar-refractivity contribution is 5.91. The van der Waals surface area contributed by atoms with E-state index < -0.39 is 0 Å². The van der Waals surface area contributed by atoms with Gasteiger partial charge in [-0.05, 0) is 61.7 Å². The number of anilines is 1. The number of rotatable bonds is 9. The van der Waals surface area contributed by atoms with Gasteiger partial charge >= 0.3 is 6.03 Å². The van der Waals surface area contributed by atoms with E-state index in [4.69, 9.17) is 14.2 Å². The maximum atomic E-state index is 13.7. The Kier molecular flexibility index (Phi) is 8.45. The normalized spacial score (nSPS) is 18.3. The first-order valence-corrected chi connectivity index (χ1v) is 13.3. The summed E-state index contributed by atoms with van der Waals surface area (Å²) in [5.74, 6) is 1.76. The number of amides is 2. The van der Waals surface area contributed by atoms with Gasteiger partial charge in [0.2, 0.25) is 0 Å². The first-order valence-electron chi connectivity index (χ1n) is 13.3. The molecular weight excluding hydrogens is 482 g/mol. The van der Waals surface area contributed by atoms with Crippen LogP contribution in [0.3, 0.4) is 0 Å². The van der Waals surface area contributed by atoms with Crippen molar-refractivity contribution in [3.63, 3.8) is 0 Å². The molecule has 202 valence electrons. The summed E-state index contributed by atoms with van der Waals surface area (Å²) in [6, 6.07) is 13.6. The van der Waals surface area contributed by atoms with Gasteiger partial charge < -0.3 is 29.3 Å². The fraction of sp³-hybridized carbons (Fsp3) is 0.448. The van der Waals surface area contributed by atoms with Gasteiger partial charge in [-0.1, -0.05) is 18.2 Å². The molecule has 2 amide bonds. The Morgan fingerprint density at radius 1 is 1.18 bits per heavy atom. The summed E-state index contributed by atoms with van der Waals surface area (Å²) in [5, 5.41) is 10.1. The SMILES string of the molecule is COc1cccc(CN(CC2CCOC2)C(=O)Nc2ccc(-c3cn[nH]c3)cc2OC2CCN(C)CC2)c1. The molecule has 0 saturated carbocycles. The maximum absolute atomic E-state index is 13.7. The number of aromatic nitrogens is 2. The van der Waals surface area contributed by atoms with E-state index in [2.05, 4.69) is 27.5 Å². The van der Waals surface area contributed by atoms with Gasteiger partial charge in [-0.25, -0.2) is 4.79 Å². The van der Waals surface area contributed by atoms with Gasteiger partial charge in [0.25, 0.3) is 0 Å². The van der Waals surface area contributed by atoms with Crippen LogP contribution in [0.2, 0.25) is 0 Å². The second-order valence-electron chi connectivity index (χ2n) is 10.2. The number of aromatic amines is 1. The molecule has 3 aromatic rings. The molecule has 0 radical (unpaired) electrons. The van der Waals surface area contributed by atoms with Gasteiger partial charge in [0, 0.05) is 50.5 Å². The Morgan fingerprint density at radius 3 is 2.79 bits per heavy atom. The lowest BCUT2D eigenvalue weighted by molar-refractivity contribution is 0.115. The highest BCUT2D eigenvalue weighted by Crippen LogP contribution is 2.33. The zero-order chi connectivity index (χ0) is 26.3. The van der Waals surface area contributed by atoms with Crippen LogP contribution in [0, 0.1) is 5.92 Å². The van der Waals surface area contributed by atoms with Crippen molar-refractivity contribution >= 4 is 11.7 Å². The molecule has 2 aromatic carbocycles. The van der Waals surface area contributed by atoms with Gasteiger partial charge in [0.05, 0.1) is 25.6 Å². The lowest BCUT2D eigenvalue weighted by Crippen LogP contribution is -2.38. The molecule has 2 aliphatic rings. The van der Waals surface area contributed by atoms with Crippen molar-refractivity contribution in [2.75, 3.05) is 52.3 Å². The quantitative estimate of drug-likeness (QED) is 0.428. The average Bonchev–Trinajstić information content (AvgIpc) is 3.66. The third kappa shape index (κ3) is 6.65. The molecule has 2 N–H and O–H groups in total. The van der Waals surface area contributed by atoms with Crippen molar-refractivity contribution in [3.8, 4) is 22.6 Å². The number of hydrogen-bond acceptors (Lipinski definition) is 6. The minimum absolute atomic E-state index is 0.102. The number of likely N-dealkylation sites (tertiary alicyclic amines) is 1. The molecule has 2 fully saturated rings. The number of benzene rings is 2. The molecule has 1 unspecified atom stereocenters. The number of urea groups is 1. The standard InChI is InChI=1S/C29H37N5O4/c1-33-11-8-25(9-12-33)38-28-15-23(24-16-30-31-17-24)6-7-27(28)32-29(35)34(19-22-10-13-37-20-22)18-21-4-3-5-26(14-21)36-2/h3-7,14-17,22,25H,8-13,18-20H2,1-2H3,(H,30,31)(H,32,35). The third-order valence-electron chi connectivity index (χ3n) is 7.31. The zero-order valence-electron chi connectivity index (χ0n) is 22.2. The van der Waals surface area contributed by atoms with Crippen LogP contribution in [0.5, 0.6) is 11.5 Å². The van der Waals surface area contributed by atoms with Crippen molar-refractivity contribution in [1.29, 1.82) is 0 Å². The van der Waals surface area contributed by atoms with Crippen molar-refractivity contribution in [1.82, 2.24) is 20.0 Å². The Labute approximate surface area is 224 Å². The van der Waals surface area contributed by atoms with Crippen LogP contribution >= 0.6 is 0 Å². The smallest absolute Gasteiger partial charge is 0.322 e. The van der Waals surface area contributed by atoms with E-state index in [1.165, 1.54) is 0 Å².